The normalized spacial score (nSPS) is 10.5. The Morgan fingerprint density at radius 3 is 2.78 bits per heavy atom. The van der Waals surface area contributed by atoms with Crippen LogP contribution in [0, 0.1) is 6.92 Å². The van der Waals surface area contributed by atoms with Crippen LogP contribution in [-0.4, -0.2) is 15.5 Å². The van der Waals surface area contributed by atoms with Crippen LogP contribution in [0.3, 0.4) is 0 Å². The number of rotatable bonds is 4. The number of aryl methyl sites for hydroxylation is 1. The number of carbonyl (C=O) groups is 1. The molecule has 23 heavy (non-hydrogen) atoms. The molecule has 0 spiro atoms. The van der Waals surface area contributed by atoms with Gasteiger partial charge in [0.05, 0.1) is 5.69 Å². The van der Waals surface area contributed by atoms with Crippen molar-refractivity contribution in [1.29, 1.82) is 0 Å². The molecular weight excluding hydrogens is 310 g/mol. The fraction of sp³-hybridized carbons (Fsp3) is 0.118. The number of nitrogens with one attached hydrogen (secondary N) is 1. The predicted molar refractivity (Wildman–Crippen MR) is 91.6 cm³/mol. The Kier molecular flexibility index (Phi) is 4.34. The SMILES string of the molecule is Cc1cccn(CC(=O)Nc2nc(-c3ccccc3)cs2)c1=O. The minimum absolute atomic E-state index is 0.0270. The van der Waals surface area contributed by atoms with Crippen molar-refractivity contribution in [2.24, 2.45) is 0 Å². The van der Waals surface area contributed by atoms with E-state index in [1.54, 1.807) is 25.3 Å². The topological polar surface area (TPSA) is 64.0 Å². The van der Waals surface area contributed by atoms with E-state index in [4.69, 9.17) is 0 Å². The van der Waals surface area contributed by atoms with Gasteiger partial charge < -0.3 is 9.88 Å². The van der Waals surface area contributed by atoms with Crippen molar-refractivity contribution in [3.05, 3.63) is 70.0 Å². The fourth-order valence-corrected chi connectivity index (χ4v) is 2.90. The highest BCUT2D eigenvalue weighted by Gasteiger charge is 2.09. The van der Waals surface area contributed by atoms with Crippen LogP contribution in [0.4, 0.5) is 5.13 Å². The Labute approximate surface area is 137 Å². The third kappa shape index (κ3) is 3.54. The summed E-state index contributed by atoms with van der Waals surface area (Å²) >= 11 is 1.36. The Bertz CT molecular complexity index is 884. The number of hydrogen-bond donors (Lipinski definition) is 1. The molecule has 0 aliphatic heterocycles. The quantitative estimate of drug-likeness (QED) is 0.802. The first-order chi connectivity index (χ1) is 11.1. The number of aromatic nitrogens is 2. The van der Waals surface area contributed by atoms with E-state index in [1.807, 2.05) is 35.7 Å². The molecule has 2 heterocycles. The summed E-state index contributed by atoms with van der Waals surface area (Å²) in [6.07, 6.45) is 1.60. The van der Waals surface area contributed by atoms with E-state index in [2.05, 4.69) is 10.3 Å². The molecule has 0 saturated carbocycles. The molecule has 1 aromatic carbocycles. The van der Waals surface area contributed by atoms with Gasteiger partial charge in [-0.25, -0.2) is 4.98 Å². The van der Waals surface area contributed by atoms with Crippen LogP contribution in [0.2, 0.25) is 0 Å². The zero-order chi connectivity index (χ0) is 16.2. The maximum Gasteiger partial charge on any atom is 0.253 e. The number of thiazole rings is 1. The van der Waals surface area contributed by atoms with Gasteiger partial charge in [0.2, 0.25) is 5.91 Å². The molecule has 6 heteroatoms. The predicted octanol–water partition coefficient (Wildman–Crippen LogP) is 2.92. The second-order valence-corrected chi connectivity index (χ2v) is 5.93. The van der Waals surface area contributed by atoms with Crippen LogP contribution in [0.1, 0.15) is 5.56 Å². The van der Waals surface area contributed by atoms with Crippen LogP contribution in [0.15, 0.2) is 58.8 Å². The molecule has 3 rings (SSSR count). The molecule has 0 saturated heterocycles. The van der Waals surface area contributed by atoms with Gasteiger partial charge in [-0.3, -0.25) is 9.59 Å². The van der Waals surface area contributed by atoms with Crippen molar-refractivity contribution < 1.29 is 4.79 Å². The smallest absolute Gasteiger partial charge is 0.253 e. The maximum absolute atomic E-state index is 12.1. The molecule has 5 nitrogen and oxygen atoms in total. The van der Waals surface area contributed by atoms with Crippen molar-refractivity contribution in [3.63, 3.8) is 0 Å². The third-order valence-electron chi connectivity index (χ3n) is 3.34. The van der Waals surface area contributed by atoms with Crippen LogP contribution < -0.4 is 10.9 Å². The van der Waals surface area contributed by atoms with Crippen LogP contribution in [-0.2, 0) is 11.3 Å². The molecule has 0 radical (unpaired) electrons. The van der Waals surface area contributed by atoms with E-state index in [0.29, 0.717) is 10.7 Å². The number of carbonyl (C=O) groups excluding carboxylic acids is 1. The first kappa shape index (κ1) is 15.2. The molecule has 2 aromatic heterocycles. The van der Waals surface area contributed by atoms with Crippen LogP contribution in [0.5, 0.6) is 0 Å². The number of nitrogens with zero attached hydrogens (tertiary/aromatic N) is 2. The summed E-state index contributed by atoms with van der Waals surface area (Å²) < 4.78 is 1.39. The van der Waals surface area contributed by atoms with Gasteiger partial charge >= 0.3 is 0 Å². The summed E-state index contributed by atoms with van der Waals surface area (Å²) in [7, 11) is 0. The van der Waals surface area contributed by atoms with E-state index in [-0.39, 0.29) is 18.0 Å². The van der Waals surface area contributed by atoms with Gasteiger partial charge in [0.25, 0.3) is 5.56 Å². The molecule has 0 unspecified atom stereocenters. The van der Waals surface area contributed by atoms with E-state index in [1.165, 1.54) is 15.9 Å². The van der Waals surface area contributed by atoms with Crippen molar-refractivity contribution in [1.82, 2.24) is 9.55 Å². The first-order valence-electron chi connectivity index (χ1n) is 7.10. The standard InChI is InChI=1S/C17H15N3O2S/c1-12-6-5-9-20(16(12)22)10-15(21)19-17-18-14(11-23-17)13-7-3-2-4-8-13/h2-9,11H,10H2,1H3,(H,18,19,21). The van der Waals surface area contributed by atoms with Crippen LogP contribution >= 0.6 is 11.3 Å². The molecule has 116 valence electrons. The number of hydrogen-bond acceptors (Lipinski definition) is 4. The minimum Gasteiger partial charge on any atom is -0.306 e. The van der Waals surface area contributed by atoms with Crippen molar-refractivity contribution in [2.45, 2.75) is 13.5 Å². The average Bonchev–Trinajstić information content (AvgIpc) is 3.01. The molecule has 0 fully saturated rings. The monoisotopic (exact) mass is 325 g/mol. The summed E-state index contributed by atoms with van der Waals surface area (Å²) in [6, 6.07) is 13.2. The minimum atomic E-state index is -0.272. The largest absolute Gasteiger partial charge is 0.306 e. The number of anilines is 1. The van der Waals surface area contributed by atoms with Gasteiger partial charge in [0.1, 0.15) is 6.54 Å². The lowest BCUT2D eigenvalue weighted by molar-refractivity contribution is -0.116. The van der Waals surface area contributed by atoms with Gasteiger partial charge in [-0.2, -0.15) is 0 Å². The van der Waals surface area contributed by atoms with E-state index in [0.717, 1.165) is 11.3 Å². The zero-order valence-electron chi connectivity index (χ0n) is 12.5. The number of amides is 1. The van der Waals surface area contributed by atoms with Crippen LogP contribution in [0.25, 0.3) is 11.3 Å². The molecule has 3 aromatic rings. The Morgan fingerprint density at radius 2 is 2.00 bits per heavy atom. The van der Waals surface area contributed by atoms with Gasteiger partial charge in [-0.15, -0.1) is 11.3 Å². The first-order valence-corrected chi connectivity index (χ1v) is 7.98. The molecule has 0 atom stereocenters. The average molecular weight is 325 g/mol. The Morgan fingerprint density at radius 1 is 1.22 bits per heavy atom. The van der Waals surface area contributed by atoms with Crippen molar-refractivity contribution >= 4 is 22.4 Å². The highest BCUT2D eigenvalue weighted by atomic mass is 32.1. The molecule has 0 bridgehead atoms. The fourth-order valence-electron chi connectivity index (χ4n) is 2.17. The Hall–Kier alpha value is -2.73. The lowest BCUT2D eigenvalue weighted by atomic mass is 10.2. The Balaban J connectivity index is 1.70. The van der Waals surface area contributed by atoms with Gasteiger partial charge in [-0.05, 0) is 13.0 Å². The number of benzene rings is 1. The van der Waals surface area contributed by atoms with E-state index in [9.17, 15) is 9.59 Å². The number of pyridine rings is 1. The summed E-state index contributed by atoms with van der Waals surface area (Å²) in [5, 5.41) is 5.15. The third-order valence-corrected chi connectivity index (χ3v) is 4.10. The van der Waals surface area contributed by atoms with Gasteiger partial charge in [0, 0.05) is 22.7 Å². The summed E-state index contributed by atoms with van der Waals surface area (Å²) in [6.45, 7) is 1.70. The molecule has 0 aliphatic rings. The second kappa shape index (κ2) is 6.58. The molecule has 0 aliphatic carbocycles. The van der Waals surface area contributed by atoms with E-state index < -0.39 is 0 Å². The van der Waals surface area contributed by atoms with Gasteiger partial charge in [0.15, 0.2) is 5.13 Å². The molecule has 1 N–H and O–H groups in total. The van der Waals surface area contributed by atoms with Crippen molar-refractivity contribution in [2.75, 3.05) is 5.32 Å². The summed E-state index contributed by atoms with van der Waals surface area (Å²) in [5.41, 5.74) is 2.27. The highest BCUT2D eigenvalue weighted by Crippen LogP contribution is 2.24. The van der Waals surface area contributed by atoms with Crippen molar-refractivity contribution in [3.8, 4) is 11.3 Å². The lowest BCUT2D eigenvalue weighted by Crippen LogP contribution is -2.28. The molecule has 1 amide bonds. The summed E-state index contributed by atoms with van der Waals surface area (Å²) in [4.78, 5) is 28.4. The zero-order valence-corrected chi connectivity index (χ0v) is 13.3. The van der Waals surface area contributed by atoms with Gasteiger partial charge in [-0.1, -0.05) is 36.4 Å². The van der Waals surface area contributed by atoms with E-state index >= 15 is 0 Å². The molecular formula is C17H15N3O2S. The maximum atomic E-state index is 12.1. The second-order valence-electron chi connectivity index (χ2n) is 5.08. The summed E-state index contributed by atoms with van der Waals surface area (Å²) in [5.74, 6) is -0.272. The lowest BCUT2D eigenvalue weighted by Gasteiger charge is -2.05. The highest BCUT2D eigenvalue weighted by molar-refractivity contribution is 7.14.